The van der Waals surface area contributed by atoms with Gasteiger partial charge in [0.1, 0.15) is 5.69 Å². The van der Waals surface area contributed by atoms with Gasteiger partial charge in [-0.3, -0.25) is 4.79 Å². The van der Waals surface area contributed by atoms with E-state index in [1.54, 1.807) is 0 Å². The summed E-state index contributed by atoms with van der Waals surface area (Å²) in [6.45, 7) is 8.63. The number of nitriles is 1. The molecule has 1 atom stereocenters. The van der Waals surface area contributed by atoms with Gasteiger partial charge in [-0.25, -0.2) is 9.97 Å². The number of amides is 1. The van der Waals surface area contributed by atoms with Crippen molar-refractivity contribution >= 4 is 22.8 Å². The van der Waals surface area contributed by atoms with Crippen molar-refractivity contribution in [3.63, 3.8) is 0 Å². The average molecular weight is 396 g/mol. The Morgan fingerprint density at radius 3 is 2.17 bits per heavy atom. The summed E-state index contributed by atoms with van der Waals surface area (Å²) in [5.41, 5.74) is 1.96. The van der Waals surface area contributed by atoms with E-state index in [2.05, 4.69) is 37.1 Å². The SMILES string of the molecule is CCCCNC(=O)[C@@H](C#N)c1nc2ccccc2nc1N(CCCC)CCCC. The number of benzene rings is 1. The summed E-state index contributed by atoms with van der Waals surface area (Å²) >= 11 is 0. The molecule has 0 radical (unpaired) electrons. The second-order valence-electron chi connectivity index (χ2n) is 7.32. The Bertz CT molecular complexity index is 822. The second-order valence-corrected chi connectivity index (χ2v) is 7.32. The Kier molecular flexibility index (Phi) is 9.36. The number of unbranched alkanes of at least 4 members (excludes halogenated alkanes) is 3. The Morgan fingerprint density at radius 2 is 1.62 bits per heavy atom. The first-order chi connectivity index (χ1) is 14.2. The van der Waals surface area contributed by atoms with Crippen LogP contribution in [-0.4, -0.2) is 35.5 Å². The highest BCUT2D eigenvalue weighted by atomic mass is 16.1. The summed E-state index contributed by atoms with van der Waals surface area (Å²) in [7, 11) is 0. The smallest absolute Gasteiger partial charge is 0.243 e. The maximum atomic E-state index is 12.8. The van der Waals surface area contributed by atoms with Crippen molar-refractivity contribution in [1.29, 1.82) is 5.26 Å². The molecule has 6 nitrogen and oxygen atoms in total. The molecule has 0 aliphatic heterocycles. The highest BCUT2D eigenvalue weighted by Crippen LogP contribution is 2.28. The van der Waals surface area contributed by atoms with Gasteiger partial charge in [0.15, 0.2) is 11.7 Å². The van der Waals surface area contributed by atoms with Crippen molar-refractivity contribution in [3.05, 3.63) is 30.0 Å². The van der Waals surface area contributed by atoms with E-state index < -0.39 is 5.92 Å². The molecule has 2 aromatic rings. The maximum absolute atomic E-state index is 12.8. The molecule has 0 bridgehead atoms. The molecule has 0 fully saturated rings. The van der Waals surface area contributed by atoms with Crippen LogP contribution in [0.2, 0.25) is 0 Å². The van der Waals surface area contributed by atoms with E-state index in [0.717, 1.165) is 57.1 Å². The van der Waals surface area contributed by atoms with Gasteiger partial charge in [0.25, 0.3) is 0 Å². The molecule has 0 aliphatic carbocycles. The van der Waals surface area contributed by atoms with Gasteiger partial charge in [-0.05, 0) is 31.4 Å². The van der Waals surface area contributed by atoms with E-state index in [-0.39, 0.29) is 5.91 Å². The highest BCUT2D eigenvalue weighted by Gasteiger charge is 2.28. The number of nitrogens with one attached hydrogen (secondary N) is 1. The van der Waals surface area contributed by atoms with E-state index >= 15 is 0 Å². The Hall–Kier alpha value is -2.68. The van der Waals surface area contributed by atoms with E-state index in [1.165, 1.54) is 0 Å². The van der Waals surface area contributed by atoms with Gasteiger partial charge in [0.2, 0.25) is 5.91 Å². The number of hydrogen-bond donors (Lipinski definition) is 1. The molecule has 0 saturated carbocycles. The average Bonchev–Trinajstić information content (AvgIpc) is 2.74. The molecule has 2 rings (SSSR count). The number of carbonyl (C=O) groups excluding carboxylic acids is 1. The van der Waals surface area contributed by atoms with Gasteiger partial charge < -0.3 is 10.2 Å². The summed E-state index contributed by atoms with van der Waals surface area (Å²) in [5.74, 6) is -0.592. The fourth-order valence-corrected chi connectivity index (χ4v) is 3.19. The van der Waals surface area contributed by atoms with Crippen LogP contribution >= 0.6 is 0 Å². The first-order valence-electron chi connectivity index (χ1n) is 10.8. The molecule has 0 unspecified atom stereocenters. The Balaban J connectivity index is 2.50. The van der Waals surface area contributed by atoms with Crippen molar-refractivity contribution < 1.29 is 4.79 Å². The Morgan fingerprint density at radius 1 is 1.03 bits per heavy atom. The molecule has 6 heteroatoms. The number of para-hydroxylation sites is 2. The third-order valence-electron chi connectivity index (χ3n) is 4.94. The van der Waals surface area contributed by atoms with Crippen molar-refractivity contribution in [3.8, 4) is 6.07 Å². The number of carbonyl (C=O) groups is 1. The number of rotatable bonds is 12. The quantitative estimate of drug-likeness (QED) is 0.533. The monoisotopic (exact) mass is 395 g/mol. The van der Waals surface area contributed by atoms with Crippen LogP contribution in [0.5, 0.6) is 0 Å². The number of fused-ring (bicyclic) bond motifs is 1. The summed E-state index contributed by atoms with van der Waals surface area (Å²) in [6, 6.07) is 9.81. The van der Waals surface area contributed by atoms with Crippen LogP contribution in [-0.2, 0) is 4.79 Å². The molecular formula is C23H33N5O. The van der Waals surface area contributed by atoms with Gasteiger partial charge in [-0.2, -0.15) is 5.26 Å². The molecular weight excluding hydrogens is 362 g/mol. The lowest BCUT2D eigenvalue weighted by molar-refractivity contribution is -0.121. The first kappa shape index (κ1) is 22.6. The third kappa shape index (κ3) is 6.15. The predicted molar refractivity (Wildman–Crippen MR) is 118 cm³/mol. The lowest BCUT2D eigenvalue weighted by atomic mass is 10.0. The van der Waals surface area contributed by atoms with E-state index in [0.29, 0.717) is 23.6 Å². The molecule has 0 saturated heterocycles. The predicted octanol–water partition coefficient (Wildman–Crippen LogP) is 4.56. The Labute approximate surface area is 174 Å². The van der Waals surface area contributed by atoms with Crippen molar-refractivity contribution in [1.82, 2.24) is 15.3 Å². The fraction of sp³-hybridized carbons (Fsp3) is 0.565. The molecule has 1 aromatic heterocycles. The summed E-state index contributed by atoms with van der Waals surface area (Å²) in [4.78, 5) is 24.6. The van der Waals surface area contributed by atoms with Gasteiger partial charge in [0.05, 0.1) is 17.1 Å². The molecule has 1 amide bonds. The summed E-state index contributed by atoms with van der Waals surface area (Å²) in [5, 5.41) is 12.7. The second kappa shape index (κ2) is 12.0. The molecule has 1 aromatic carbocycles. The highest BCUT2D eigenvalue weighted by molar-refractivity contribution is 5.88. The zero-order chi connectivity index (χ0) is 21.1. The van der Waals surface area contributed by atoms with E-state index in [9.17, 15) is 10.1 Å². The third-order valence-corrected chi connectivity index (χ3v) is 4.94. The lowest BCUT2D eigenvalue weighted by Crippen LogP contribution is -2.33. The standard InChI is InChI=1S/C23H33N5O/c1-4-7-14-25-23(29)18(17-24)21-22(28(15-8-5-2)16-9-6-3)27-20-13-11-10-12-19(20)26-21/h10-13,18H,4-9,14-16H2,1-3H3,(H,25,29)/t18-/m0/s1. The van der Waals surface area contributed by atoms with E-state index in [4.69, 9.17) is 9.97 Å². The number of aromatic nitrogens is 2. The van der Waals surface area contributed by atoms with Gasteiger partial charge in [-0.15, -0.1) is 0 Å². The minimum Gasteiger partial charge on any atom is -0.355 e. The van der Waals surface area contributed by atoms with Crippen LogP contribution in [0.15, 0.2) is 24.3 Å². The van der Waals surface area contributed by atoms with Crippen LogP contribution in [0.4, 0.5) is 5.82 Å². The molecule has 29 heavy (non-hydrogen) atoms. The molecule has 1 heterocycles. The van der Waals surface area contributed by atoms with E-state index in [1.807, 2.05) is 24.3 Å². The topological polar surface area (TPSA) is 81.9 Å². The lowest BCUT2D eigenvalue weighted by Gasteiger charge is -2.26. The molecule has 0 aliphatic rings. The number of anilines is 1. The van der Waals surface area contributed by atoms with Crippen LogP contribution in [0.25, 0.3) is 11.0 Å². The zero-order valence-electron chi connectivity index (χ0n) is 17.9. The first-order valence-corrected chi connectivity index (χ1v) is 10.8. The van der Waals surface area contributed by atoms with Crippen LogP contribution in [0.3, 0.4) is 0 Å². The van der Waals surface area contributed by atoms with Crippen LogP contribution in [0.1, 0.15) is 70.9 Å². The fourth-order valence-electron chi connectivity index (χ4n) is 3.19. The molecule has 156 valence electrons. The van der Waals surface area contributed by atoms with Crippen LogP contribution < -0.4 is 10.2 Å². The normalized spacial score (nSPS) is 11.8. The molecule has 0 spiro atoms. The molecule has 1 N–H and O–H groups in total. The van der Waals surface area contributed by atoms with Crippen LogP contribution in [0, 0.1) is 11.3 Å². The van der Waals surface area contributed by atoms with Gasteiger partial charge >= 0.3 is 0 Å². The van der Waals surface area contributed by atoms with Crippen molar-refractivity contribution in [2.75, 3.05) is 24.5 Å². The summed E-state index contributed by atoms with van der Waals surface area (Å²) in [6.07, 6.45) is 6.06. The number of nitrogens with zero attached hydrogens (tertiary/aromatic N) is 4. The summed E-state index contributed by atoms with van der Waals surface area (Å²) < 4.78 is 0. The minimum atomic E-state index is -0.968. The van der Waals surface area contributed by atoms with Crippen molar-refractivity contribution in [2.45, 2.75) is 65.2 Å². The number of hydrogen-bond acceptors (Lipinski definition) is 5. The zero-order valence-corrected chi connectivity index (χ0v) is 17.9. The van der Waals surface area contributed by atoms with Gasteiger partial charge in [-0.1, -0.05) is 52.2 Å². The van der Waals surface area contributed by atoms with Gasteiger partial charge in [0, 0.05) is 19.6 Å². The minimum absolute atomic E-state index is 0.294. The van der Waals surface area contributed by atoms with Crippen molar-refractivity contribution in [2.24, 2.45) is 0 Å². The largest absolute Gasteiger partial charge is 0.355 e. The maximum Gasteiger partial charge on any atom is 0.243 e.